The van der Waals surface area contributed by atoms with Gasteiger partial charge >= 0.3 is 5.69 Å². The number of phenols is 2. The summed E-state index contributed by atoms with van der Waals surface area (Å²) < 4.78 is 0. The zero-order chi connectivity index (χ0) is 19.0. The van der Waals surface area contributed by atoms with Crippen LogP contribution in [0.3, 0.4) is 0 Å². The molecule has 26 heavy (non-hydrogen) atoms. The zero-order valence-corrected chi connectivity index (χ0v) is 14.4. The molecular weight excluding hydrogens is 336 g/mol. The summed E-state index contributed by atoms with van der Waals surface area (Å²) in [6.45, 7) is 0. The van der Waals surface area contributed by atoms with E-state index < -0.39 is 27.9 Å². The Morgan fingerprint density at radius 3 is 2.38 bits per heavy atom. The van der Waals surface area contributed by atoms with Crippen molar-refractivity contribution >= 4 is 23.2 Å². The molecule has 0 heterocycles. The molecule has 0 amide bonds. The fraction of sp³-hybridized carbons (Fsp3) is 0.211. The summed E-state index contributed by atoms with van der Waals surface area (Å²) >= 11 is 0. The Morgan fingerprint density at radius 1 is 1.15 bits per heavy atom. The van der Waals surface area contributed by atoms with Gasteiger partial charge in [0.05, 0.1) is 4.92 Å². The summed E-state index contributed by atoms with van der Waals surface area (Å²) in [5, 5.41) is 30.8. The number of nitro benzene ring substituents is 1. The molecule has 1 aliphatic rings. The van der Waals surface area contributed by atoms with Gasteiger partial charge in [-0.1, -0.05) is 12.1 Å². The number of nitro groups is 1. The minimum atomic E-state index is -0.876. The van der Waals surface area contributed by atoms with Crippen LogP contribution in [0.4, 0.5) is 11.4 Å². The van der Waals surface area contributed by atoms with Crippen LogP contribution in [0.15, 0.2) is 35.9 Å². The Morgan fingerprint density at radius 2 is 1.81 bits per heavy atom. The van der Waals surface area contributed by atoms with Crippen LogP contribution in [0.5, 0.6) is 11.5 Å². The molecule has 0 unspecified atom stereocenters. The lowest BCUT2D eigenvalue weighted by Crippen LogP contribution is -2.16. The Bertz CT molecular complexity index is 930. The molecule has 2 aromatic rings. The van der Waals surface area contributed by atoms with Gasteiger partial charge in [0.25, 0.3) is 0 Å². The van der Waals surface area contributed by atoms with Crippen molar-refractivity contribution < 1.29 is 19.9 Å². The second-order valence-corrected chi connectivity index (χ2v) is 6.37. The number of Topliss-reactive ketones (excluding diaryl/α,β-unsaturated/α-hetero) is 1. The first-order chi connectivity index (χ1) is 12.3. The first-order valence-electron chi connectivity index (χ1n) is 8.04. The van der Waals surface area contributed by atoms with Crippen LogP contribution in [0.2, 0.25) is 0 Å². The molecule has 0 saturated heterocycles. The number of hydrogen-bond donors (Lipinski definition) is 2. The first kappa shape index (κ1) is 17.5. The smallest absolute Gasteiger partial charge is 0.326 e. The number of allylic oxidation sites excluding steroid dienone is 1. The number of phenolic OH excluding ortho intramolecular Hbond substituents is 2. The molecule has 0 fully saturated rings. The van der Waals surface area contributed by atoms with Gasteiger partial charge in [0.1, 0.15) is 5.56 Å². The summed E-state index contributed by atoms with van der Waals surface area (Å²) in [6.07, 6.45) is 2.48. The third-order valence-electron chi connectivity index (χ3n) is 4.45. The normalized spacial score (nSPS) is 15.0. The number of rotatable bonds is 3. The molecule has 134 valence electrons. The molecule has 0 spiro atoms. The molecule has 3 rings (SSSR count). The molecule has 0 radical (unpaired) electrons. The van der Waals surface area contributed by atoms with E-state index in [2.05, 4.69) is 0 Å². The molecule has 7 heteroatoms. The minimum Gasteiger partial charge on any atom is -0.504 e. The quantitative estimate of drug-likeness (QED) is 0.379. The largest absolute Gasteiger partial charge is 0.504 e. The van der Waals surface area contributed by atoms with E-state index in [1.54, 1.807) is 6.08 Å². The van der Waals surface area contributed by atoms with E-state index in [4.69, 9.17) is 0 Å². The monoisotopic (exact) mass is 354 g/mol. The predicted molar refractivity (Wildman–Crippen MR) is 97.8 cm³/mol. The molecule has 2 N–H and O–H groups in total. The Labute approximate surface area is 150 Å². The highest BCUT2D eigenvalue weighted by atomic mass is 16.6. The number of fused-ring (bicyclic) bond motifs is 1. The molecule has 1 aliphatic carbocycles. The Balaban J connectivity index is 2.04. The van der Waals surface area contributed by atoms with Crippen LogP contribution in [0, 0.1) is 10.1 Å². The maximum atomic E-state index is 12.8. The van der Waals surface area contributed by atoms with E-state index in [-0.39, 0.29) is 5.56 Å². The number of nitrogens with zero attached hydrogens (tertiary/aromatic N) is 2. The Hall–Kier alpha value is -3.35. The highest BCUT2D eigenvalue weighted by molar-refractivity contribution is 6.16. The number of aryl methyl sites for hydroxylation is 1. The molecule has 0 atom stereocenters. The van der Waals surface area contributed by atoms with Crippen molar-refractivity contribution in [3.05, 3.63) is 62.7 Å². The van der Waals surface area contributed by atoms with Crippen molar-refractivity contribution in [3.63, 3.8) is 0 Å². The van der Waals surface area contributed by atoms with E-state index in [1.165, 1.54) is 6.07 Å². The van der Waals surface area contributed by atoms with Crippen LogP contribution in [-0.4, -0.2) is 35.0 Å². The van der Waals surface area contributed by atoms with Crippen LogP contribution in [0.1, 0.15) is 27.9 Å². The lowest BCUT2D eigenvalue weighted by molar-refractivity contribution is -0.386. The number of carbonyl (C=O) groups is 1. The fourth-order valence-corrected chi connectivity index (χ4v) is 3.08. The van der Waals surface area contributed by atoms with E-state index in [0.717, 1.165) is 11.3 Å². The van der Waals surface area contributed by atoms with Crippen LogP contribution in [-0.2, 0) is 6.42 Å². The fourth-order valence-electron chi connectivity index (χ4n) is 3.08. The average Bonchev–Trinajstić information content (AvgIpc) is 2.59. The van der Waals surface area contributed by atoms with Gasteiger partial charge in [-0.3, -0.25) is 14.9 Å². The van der Waals surface area contributed by atoms with Crippen molar-refractivity contribution in [3.8, 4) is 11.5 Å². The molecule has 0 bridgehead atoms. The maximum absolute atomic E-state index is 12.8. The Kier molecular flexibility index (Phi) is 4.38. The first-order valence-corrected chi connectivity index (χ1v) is 8.04. The van der Waals surface area contributed by atoms with Gasteiger partial charge in [-0.25, -0.2) is 0 Å². The highest BCUT2D eigenvalue weighted by Gasteiger charge is 2.34. The zero-order valence-electron chi connectivity index (χ0n) is 14.4. The number of aromatic hydroxyl groups is 2. The van der Waals surface area contributed by atoms with Crippen LogP contribution >= 0.6 is 0 Å². The van der Waals surface area contributed by atoms with Crippen molar-refractivity contribution in [1.82, 2.24) is 0 Å². The summed E-state index contributed by atoms with van der Waals surface area (Å²) in [6, 6.07) is 8.79. The van der Waals surface area contributed by atoms with Gasteiger partial charge in [0, 0.05) is 25.4 Å². The third kappa shape index (κ3) is 2.99. The number of anilines is 1. The summed E-state index contributed by atoms with van der Waals surface area (Å²) in [7, 11) is 3.85. The second kappa shape index (κ2) is 6.51. The van der Waals surface area contributed by atoms with Crippen LogP contribution in [0.25, 0.3) is 6.08 Å². The minimum absolute atomic E-state index is 0.146. The molecule has 0 aliphatic heterocycles. The van der Waals surface area contributed by atoms with Crippen molar-refractivity contribution in [2.24, 2.45) is 0 Å². The molecule has 2 aromatic carbocycles. The molecule has 0 saturated carbocycles. The van der Waals surface area contributed by atoms with Gasteiger partial charge in [0.2, 0.25) is 5.75 Å². The van der Waals surface area contributed by atoms with E-state index in [0.29, 0.717) is 24.0 Å². The lowest BCUT2D eigenvalue weighted by atomic mass is 9.84. The topological polar surface area (TPSA) is 104 Å². The van der Waals surface area contributed by atoms with Gasteiger partial charge in [0.15, 0.2) is 11.5 Å². The summed E-state index contributed by atoms with van der Waals surface area (Å²) in [4.78, 5) is 25.3. The van der Waals surface area contributed by atoms with Gasteiger partial charge in [-0.15, -0.1) is 0 Å². The third-order valence-corrected chi connectivity index (χ3v) is 4.45. The SMILES string of the molecule is CN(C)c1ccc(C=C2CCc3cc(O)c(O)c([N+](=O)[O-])c3C2=O)cc1. The number of ketones is 1. The van der Waals surface area contributed by atoms with Gasteiger partial charge < -0.3 is 15.1 Å². The van der Waals surface area contributed by atoms with Crippen LogP contribution < -0.4 is 4.90 Å². The van der Waals surface area contributed by atoms with E-state index >= 15 is 0 Å². The van der Waals surface area contributed by atoms with Crippen molar-refractivity contribution in [2.45, 2.75) is 12.8 Å². The second-order valence-electron chi connectivity index (χ2n) is 6.37. The number of hydrogen-bond acceptors (Lipinski definition) is 6. The van der Waals surface area contributed by atoms with Crippen molar-refractivity contribution in [1.29, 1.82) is 0 Å². The average molecular weight is 354 g/mol. The molecule has 0 aromatic heterocycles. The van der Waals surface area contributed by atoms with E-state index in [1.807, 2.05) is 43.3 Å². The maximum Gasteiger partial charge on any atom is 0.326 e. The number of benzene rings is 2. The molecule has 7 nitrogen and oxygen atoms in total. The molecular formula is C19H18N2O5. The standard InChI is InChI=1S/C19H18N2O5/c1-20(2)14-7-3-11(4-8-14)9-13-6-5-12-10-15(22)19(24)17(21(25)26)16(12)18(13)23/h3-4,7-10,22,24H,5-6H2,1-2H3. The van der Waals surface area contributed by atoms with Gasteiger partial charge in [-0.2, -0.15) is 0 Å². The van der Waals surface area contributed by atoms with E-state index in [9.17, 15) is 25.1 Å². The van der Waals surface area contributed by atoms with Crippen molar-refractivity contribution in [2.75, 3.05) is 19.0 Å². The lowest BCUT2D eigenvalue weighted by Gasteiger charge is -2.18. The predicted octanol–water partition coefficient (Wildman–Crippen LogP) is 3.28. The summed E-state index contributed by atoms with van der Waals surface area (Å²) in [5.41, 5.74) is 1.75. The highest BCUT2D eigenvalue weighted by Crippen LogP contribution is 2.43. The summed E-state index contributed by atoms with van der Waals surface area (Å²) in [5.74, 6) is -1.96. The number of carbonyl (C=O) groups excluding carboxylic acids is 1. The van der Waals surface area contributed by atoms with Gasteiger partial charge in [-0.05, 0) is 48.2 Å².